The van der Waals surface area contributed by atoms with Crippen molar-refractivity contribution in [3.05, 3.63) is 47.1 Å². The van der Waals surface area contributed by atoms with E-state index in [9.17, 15) is 0 Å². The molecule has 0 aliphatic rings. The first-order valence-corrected chi connectivity index (χ1v) is 5.55. The molecule has 15 heavy (non-hydrogen) atoms. The number of benzene rings is 1. The molecule has 0 saturated heterocycles. The van der Waals surface area contributed by atoms with Crippen LogP contribution in [0.15, 0.2) is 36.5 Å². The molecule has 2 aromatic heterocycles. The molecule has 0 aliphatic carbocycles. The average molecular weight is 215 g/mol. The van der Waals surface area contributed by atoms with E-state index in [1.165, 1.54) is 15.0 Å². The van der Waals surface area contributed by atoms with Crippen molar-refractivity contribution in [1.29, 1.82) is 0 Å². The first-order valence-electron chi connectivity index (χ1n) is 4.74. The molecule has 0 unspecified atom stereocenters. The SMILES string of the molecule is c1ccc2sc(Cc3cn[nH]n3)cc2c1. The molecule has 0 radical (unpaired) electrons. The molecular formula is C11H9N3S. The summed E-state index contributed by atoms with van der Waals surface area (Å²) in [5.74, 6) is 0. The minimum Gasteiger partial charge on any atom is -0.198 e. The summed E-state index contributed by atoms with van der Waals surface area (Å²) in [5.41, 5.74) is 0.988. The molecule has 3 aromatic rings. The van der Waals surface area contributed by atoms with Crippen LogP contribution in [0.5, 0.6) is 0 Å². The van der Waals surface area contributed by atoms with E-state index in [-0.39, 0.29) is 0 Å². The maximum atomic E-state index is 4.05. The zero-order valence-electron chi connectivity index (χ0n) is 7.97. The van der Waals surface area contributed by atoms with Crippen LogP contribution in [0.1, 0.15) is 10.6 Å². The molecule has 1 aromatic carbocycles. The summed E-state index contributed by atoms with van der Waals surface area (Å²) >= 11 is 1.81. The number of fused-ring (bicyclic) bond motifs is 1. The number of aromatic nitrogens is 3. The Morgan fingerprint density at radius 2 is 2.20 bits per heavy atom. The topological polar surface area (TPSA) is 41.6 Å². The van der Waals surface area contributed by atoms with Gasteiger partial charge in [0.1, 0.15) is 0 Å². The maximum absolute atomic E-state index is 4.05. The third-order valence-corrected chi connectivity index (χ3v) is 3.41. The fraction of sp³-hybridized carbons (Fsp3) is 0.0909. The third-order valence-electron chi connectivity index (χ3n) is 2.30. The van der Waals surface area contributed by atoms with E-state index in [1.807, 2.05) is 11.3 Å². The van der Waals surface area contributed by atoms with E-state index in [0.717, 1.165) is 12.1 Å². The fourth-order valence-electron chi connectivity index (χ4n) is 1.61. The molecule has 0 fully saturated rings. The van der Waals surface area contributed by atoms with Crippen molar-refractivity contribution in [2.45, 2.75) is 6.42 Å². The lowest BCUT2D eigenvalue weighted by molar-refractivity contribution is 0.918. The van der Waals surface area contributed by atoms with Gasteiger partial charge in [-0.05, 0) is 17.5 Å². The minimum atomic E-state index is 0.857. The lowest BCUT2D eigenvalue weighted by Crippen LogP contribution is -1.83. The van der Waals surface area contributed by atoms with Gasteiger partial charge in [0.25, 0.3) is 0 Å². The number of nitrogens with zero attached hydrogens (tertiary/aromatic N) is 2. The largest absolute Gasteiger partial charge is 0.198 e. The molecule has 0 atom stereocenters. The number of rotatable bonds is 2. The van der Waals surface area contributed by atoms with Crippen molar-refractivity contribution < 1.29 is 0 Å². The summed E-state index contributed by atoms with van der Waals surface area (Å²) in [7, 11) is 0. The van der Waals surface area contributed by atoms with E-state index in [2.05, 4.69) is 45.7 Å². The molecule has 2 heterocycles. The molecule has 0 bridgehead atoms. The second-order valence-electron chi connectivity index (χ2n) is 3.39. The van der Waals surface area contributed by atoms with Crippen molar-refractivity contribution in [2.24, 2.45) is 0 Å². The van der Waals surface area contributed by atoms with Crippen LogP contribution in [-0.4, -0.2) is 15.4 Å². The second kappa shape index (κ2) is 3.47. The zero-order chi connectivity index (χ0) is 10.1. The van der Waals surface area contributed by atoms with Gasteiger partial charge in [-0.2, -0.15) is 15.4 Å². The van der Waals surface area contributed by atoms with E-state index < -0.39 is 0 Å². The van der Waals surface area contributed by atoms with Crippen LogP contribution in [0.2, 0.25) is 0 Å². The third kappa shape index (κ3) is 1.64. The molecule has 74 valence electrons. The Hall–Kier alpha value is -1.68. The quantitative estimate of drug-likeness (QED) is 0.714. The summed E-state index contributed by atoms with van der Waals surface area (Å²) in [6.45, 7) is 0. The monoisotopic (exact) mass is 215 g/mol. The van der Waals surface area contributed by atoms with Gasteiger partial charge >= 0.3 is 0 Å². The molecule has 0 aliphatic heterocycles. The summed E-state index contributed by atoms with van der Waals surface area (Å²) in [4.78, 5) is 1.32. The Labute approximate surface area is 90.8 Å². The molecule has 1 N–H and O–H groups in total. The normalized spacial score (nSPS) is 10.9. The molecule has 3 rings (SSSR count). The first-order chi connectivity index (χ1) is 7.42. The highest BCUT2D eigenvalue weighted by Gasteiger charge is 2.03. The summed E-state index contributed by atoms with van der Waals surface area (Å²) in [6, 6.07) is 10.6. The van der Waals surface area contributed by atoms with Gasteiger partial charge in [-0.15, -0.1) is 11.3 Å². The van der Waals surface area contributed by atoms with Crippen LogP contribution in [0.25, 0.3) is 10.1 Å². The molecule has 0 saturated carbocycles. The van der Waals surface area contributed by atoms with Gasteiger partial charge in [0.2, 0.25) is 0 Å². The van der Waals surface area contributed by atoms with Crippen molar-refractivity contribution in [3.8, 4) is 0 Å². The maximum Gasteiger partial charge on any atom is 0.0876 e. The Balaban J connectivity index is 1.98. The predicted octanol–water partition coefficient (Wildman–Crippen LogP) is 2.61. The molecule has 4 heteroatoms. The number of aromatic amines is 1. The number of nitrogens with one attached hydrogen (secondary N) is 1. The highest BCUT2D eigenvalue weighted by atomic mass is 32.1. The highest BCUT2D eigenvalue weighted by molar-refractivity contribution is 7.19. The average Bonchev–Trinajstić information content (AvgIpc) is 2.86. The Morgan fingerprint density at radius 3 is 3.00 bits per heavy atom. The summed E-state index contributed by atoms with van der Waals surface area (Å²) in [5, 5.41) is 11.8. The van der Waals surface area contributed by atoms with Gasteiger partial charge in [0.05, 0.1) is 11.9 Å². The van der Waals surface area contributed by atoms with Gasteiger partial charge in [0, 0.05) is 16.0 Å². The summed E-state index contributed by atoms with van der Waals surface area (Å²) in [6.07, 6.45) is 2.63. The molecule has 3 nitrogen and oxygen atoms in total. The molecular weight excluding hydrogens is 206 g/mol. The Kier molecular flexibility index (Phi) is 1.99. The standard InChI is InChI=1S/C11H9N3S/c1-2-4-11-8(3-1)5-10(15-11)6-9-7-12-14-13-9/h1-5,7H,6H2,(H,12,13,14). The van der Waals surface area contributed by atoms with Gasteiger partial charge in [-0.3, -0.25) is 0 Å². The number of hydrogen-bond donors (Lipinski definition) is 1. The van der Waals surface area contributed by atoms with Crippen LogP contribution in [0, 0.1) is 0 Å². The lowest BCUT2D eigenvalue weighted by atomic mass is 10.2. The second-order valence-corrected chi connectivity index (χ2v) is 4.56. The van der Waals surface area contributed by atoms with Crippen molar-refractivity contribution >= 4 is 21.4 Å². The smallest absolute Gasteiger partial charge is 0.0876 e. The fourth-order valence-corrected chi connectivity index (χ4v) is 2.69. The molecule has 0 spiro atoms. The van der Waals surface area contributed by atoms with Gasteiger partial charge < -0.3 is 0 Å². The Bertz CT molecular complexity index is 535. The number of thiophene rings is 1. The van der Waals surface area contributed by atoms with E-state index >= 15 is 0 Å². The van der Waals surface area contributed by atoms with Gasteiger partial charge in [-0.1, -0.05) is 18.2 Å². The number of H-pyrrole nitrogens is 1. The van der Waals surface area contributed by atoms with Crippen molar-refractivity contribution in [3.63, 3.8) is 0 Å². The summed E-state index contributed by atoms with van der Waals surface area (Å²) < 4.78 is 1.33. The first kappa shape index (κ1) is 8.61. The van der Waals surface area contributed by atoms with Gasteiger partial charge in [0.15, 0.2) is 0 Å². The lowest BCUT2D eigenvalue weighted by Gasteiger charge is -1.88. The van der Waals surface area contributed by atoms with Crippen LogP contribution < -0.4 is 0 Å². The predicted molar refractivity (Wildman–Crippen MR) is 61.0 cm³/mol. The van der Waals surface area contributed by atoms with Crippen molar-refractivity contribution in [1.82, 2.24) is 15.4 Å². The van der Waals surface area contributed by atoms with Crippen LogP contribution in [0.3, 0.4) is 0 Å². The zero-order valence-corrected chi connectivity index (χ0v) is 8.79. The van der Waals surface area contributed by atoms with Gasteiger partial charge in [-0.25, -0.2) is 0 Å². The van der Waals surface area contributed by atoms with Crippen LogP contribution >= 0.6 is 11.3 Å². The Morgan fingerprint density at radius 1 is 1.27 bits per heavy atom. The van der Waals surface area contributed by atoms with Crippen LogP contribution in [-0.2, 0) is 6.42 Å². The van der Waals surface area contributed by atoms with E-state index in [0.29, 0.717) is 0 Å². The van der Waals surface area contributed by atoms with E-state index in [4.69, 9.17) is 0 Å². The van der Waals surface area contributed by atoms with Crippen molar-refractivity contribution in [2.75, 3.05) is 0 Å². The molecule has 0 amide bonds. The number of hydrogen-bond acceptors (Lipinski definition) is 3. The van der Waals surface area contributed by atoms with E-state index in [1.54, 1.807) is 6.20 Å². The van der Waals surface area contributed by atoms with Crippen LogP contribution in [0.4, 0.5) is 0 Å². The minimum absolute atomic E-state index is 0.857. The highest BCUT2D eigenvalue weighted by Crippen LogP contribution is 2.26.